The van der Waals surface area contributed by atoms with Crippen LogP contribution in [-0.2, 0) is 11.3 Å². The molecule has 3 aromatic rings. The third kappa shape index (κ3) is 5.00. The zero-order chi connectivity index (χ0) is 23.6. The summed E-state index contributed by atoms with van der Waals surface area (Å²) in [4.78, 5) is 31.5. The Balaban J connectivity index is 1.60. The Morgan fingerprint density at radius 1 is 1.15 bits per heavy atom. The van der Waals surface area contributed by atoms with Crippen molar-refractivity contribution in [2.75, 3.05) is 26.3 Å². The molecule has 0 radical (unpaired) electrons. The van der Waals surface area contributed by atoms with E-state index in [1.807, 2.05) is 0 Å². The molecule has 0 bridgehead atoms. The van der Waals surface area contributed by atoms with Crippen LogP contribution in [0, 0.1) is 0 Å². The summed E-state index contributed by atoms with van der Waals surface area (Å²) in [6.45, 7) is 1.73. The second-order valence-corrected chi connectivity index (χ2v) is 7.21. The highest BCUT2D eigenvalue weighted by Gasteiger charge is 2.31. The van der Waals surface area contributed by atoms with Gasteiger partial charge in [-0.25, -0.2) is 9.36 Å². The smallest absolute Gasteiger partial charge is 0.493 e. The number of aromatic nitrogens is 3. The molecule has 1 aromatic carbocycles. The Labute approximate surface area is 185 Å². The summed E-state index contributed by atoms with van der Waals surface area (Å²) < 4.78 is 48.3. The summed E-state index contributed by atoms with van der Waals surface area (Å²) in [6.07, 6.45) is -0.738. The fourth-order valence-corrected chi connectivity index (χ4v) is 3.51. The molecular weight excluding hydrogens is 445 g/mol. The van der Waals surface area contributed by atoms with E-state index in [9.17, 15) is 27.9 Å². The van der Waals surface area contributed by atoms with Gasteiger partial charge >= 0.3 is 12.1 Å². The molecule has 1 saturated heterocycles. The van der Waals surface area contributed by atoms with Gasteiger partial charge in [-0.15, -0.1) is 13.2 Å². The summed E-state index contributed by atoms with van der Waals surface area (Å²) in [5, 5.41) is 10.3. The average Bonchev–Trinajstić information content (AvgIpc) is 3.06. The van der Waals surface area contributed by atoms with Crippen LogP contribution in [0.5, 0.6) is 11.6 Å². The standard InChI is InChI=1S/C21H19F3N4O5/c22-21(23,24)33-16-3-1-15(2-4-16)28-18(29)13-27(20(28)31)12-14-5-6-25-11-17(14)19(30)26-7-9-32-10-8-26/h1-6,11,13,29H,7-10,12H2. The number of nitrogens with zero attached hydrogens (tertiary/aromatic N) is 4. The first-order valence-corrected chi connectivity index (χ1v) is 9.90. The Hall–Kier alpha value is -3.80. The lowest BCUT2D eigenvalue weighted by molar-refractivity contribution is -0.274. The number of carbonyl (C=O) groups is 1. The SMILES string of the molecule is O=C(c1cnccc1Cn1cc(O)n(-c2ccc(OC(F)(F)F)cc2)c1=O)N1CCOCC1. The third-order valence-corrected chi connectivity index (χ3v) is 5.05. The molecule has 9 nitrogen and oxygen atoms in total. The van der Waals surface area contributed by atoms with Crippen LogP contribution in [0.25, 0.3) is 5.69 Å². The summed E-state index contributed by atoms with van der Waals surface area (Å²) >= 11 is 0. The first-order valence-electron chi connectivity index (χ1n) is 9.90. The number of imidazole rings is 1. The summed E-state index contributed by atoms with van der Waals surface area (Å²) in [5.41, 5.74) is 0.352. The van der Waals surface area contributed by atoms with Gasteiger partial charge in [-0.1, -0.05) is 0 Å². The van der Waals surface area contributed by atoms with E-state index in [1.54, 1.807) is 11.0 Å². The summed E-state index contributed by atoms with van der Waals surface area (Å²) in [7, 11) is 0. The van der Waals surface area contributed by atoms with E-state index in [1.165, 1.54) is 35.3 Å². The average molecular weight is 464 g/mol. The zero-order valence-electron chi connectivity index (χ0n) is 17.2. The molecule has 0 atom stereocenters. The molecule has 33 heavy (non-hydrogen) atoms. The molecule has 174 valence electrons. The van der Waals surface area contributed by atoms with E-state index >= 15 is 0 Å². The number of aromatic hydroxyl groups is 1. The second-order valence-electron chi connectivity index (χ2n) is 7.21. The molecule has 4 rings (SSSR count). The lowest BCUT2D eigenvalue weighted by Crippen LogP contribution is -2.41. The summed E-state index contributed by atoms with van der Waals surface area (Å²) in [6, 6.07) is 6.11. The van der Waals surface area contributed by atoms with Gasteiger partial charge in [0.05, 0.1) is 37.2 Å². The molecule has 1 fully saturated rings. The van der Waals surface area contributed by atoms with Crippen LogP contribution in [0.3, 0.4) is 0 Å². The van der Waals surface area contributed by atoms with Gasteiger partial charge in [0.2, 0.25) is 5.88 Å². The predicted octanol–water partition coefficient (Wildman–Crippen LogP) is 2.16. The molecule has 0 aliphatic carbocycles. The van der Waals surface area contributed by atoms with Gasteiger partial charge in [0.15, 0.2) is 0 Å². The number of morpholine rings is 1. The van der Waals surface area contributed by atoms with E-state index in [0.717, 1.165) is 16.7 Å². The third-order valence-electron chi connectivity index (χ3n) is 5.05. The maximum absolute atomic E-state index is 12.9. The predicted molar refractivity (Wildman–Crippen MR) is 108 cm³/mol. The number of halogens is 3. The number of pyridine rings is 1. The molecule has 0 spiro atoms. The molecule has 1 aliphatic rings. The van der Waals surface area contributed by atoms with Crippen molar-refractivity contribution < 1.29 is 32.5 Å². The van der Waals surface area contributed by atoms with E-state index in [2.05, 4.69) is 9.72 Å². The van der Waals surface area contributed by atoms with Gasteiger partial charge in [0.1, 0.15) is 5.75 Å². The van der Waals surface area contributed by atoms with Crippen molar-refractivity contribution in [3.63, 3.8) is 0 Å². The van der Waals surface area contributed by atoms with Gasteiger partial charge in [-0.2, -0.15) is 0 Å². The molecular formula is C21H19F3N4O5. The molecule has 0 unspecified atom stereocenters. The number of alkyl halides is 3. The van der Waals surface area contributed by atoms with Crippen molar-refractivity contribution in [3.05, 3.63) is 70.5 Å². The number of hydrogen-bond donors (Lipinski definition) is 1. The maximum Gasteiger partial charge on any atom is 0.573 e. The zero-order valence-corrected chi connectivity index (χ0v) is 17.2. The Bertz CT molecular complexity index is 1200. The monoisotopic (exact) mass is 464 g/mol. The molecule has 1 aliphatic heterocycles. The maximum atomic E-state index is 12.9. The minimum absolute atomic E-state index is 0.0252. The van der Waals surface area contributed by atoms with Gasteiger partial charge in [0.25, 0.3) is 5.91 Å². The number of benzene rings is 1. The quantitative estimate of drug-likeness (QED) is 0.622. The molecule has 1 N–H and O–H groups in total. The first kappa shape index (κ1) is 22.4. The molecule has 2 aromatic heterocycles. The van der Waals surface area contributed by atoms with E-state index < -0.39 is 23.7 Å². The van der Waals surface area contributed by atoms with Gasteiger partial charge < -0.3 is 19.5 Å². The van der Waals surface area contributed by atoms with Crippen molar-refractivity contribution >= 4 is 5.91 Å². The number of amides is 1. The van der Waals surface area contributed by atoms with E-state index in [4.69, 9.17) is 4.74 Å². The lowest BCUT2D eigenvalue weighted by atomic mass is 10.1. The van der Waals surface area contributed by atoms with Crippen LogP contribution in [0.4, 0.5) is 13.2 Å². The van der Waals surface area contributed by atoms with Crippen molar-refractivity contribution in [3.8, 4) is 17.3 Å². The first-order chi connectivity index (χ1) is 15.7. The van der Waals surface area contributed by atoms with Gasteiger partial charge in [-0.05, 0) is 35.9 Å². The molecule has 12 heteroatoms. The van der Waals surface area contributed by atoms with Crippen LogP contribution in [0.2, 0.25) is 0 Å². The normalized spacial score (nSPS) is 14.3. The van der Waals surface area contributed by atoms with Gasteiger partial charge in [0, 0.05) is 25.5 Å². The van der Waals surface area contributed by atoms with Crippen LogP contribution in [-0.4, -0.2) is 62.7 Å². The Morgan fingerprint density at radius 3 is 2.52 bits per heavy atom. The number of ether oxygens (including phenoxy) is 2. The topological polar surface area (TPSA) is 98.8 Å². The van der Waals surface area contributed by atoms with Crippen molar-refractivity contribution in [2.24, 2.45) is 0 Å². The van der Waals surface area contributed by atoms with Crippen LogP contribution < -0.4 is 10.4 Å². The number of hydrogen-bond acceptors (Lipinski definition) is 6. The van der Waals surface area contributed by atoms with Crippen LogP contribution in [0.1, 0.15) is 15.9 Å². The highest BCUT2D eigenvalue weighted by molar-refractivity contribution is 5.95. The minimum Gasteiger partial charge on any atom is -0.493 e. The van der Waals surface area contributed by atoms with Crippen molar-refractivity contribution in [2.45, 2.75) is 12.9 Å². The molecule has 3 heterocycles. The van der Waals surface area contributed by atoms with E-state index in [-0.39, 0.29) is 18.1 Å². The largest absolute Gasteiger partial charge is 0.573 e. The minimum atomic E-state index is -4.84. The van der Waals surface area contributed by atoms with Crippen LogP contribution in [0.15, 0.2) is 53.7 Å². The fraction of sp³-hybridized carbons (Fsp3) is 0.286. The number of carbonyl (C=O) groups excluding carboxylic acids is 1. The highest BCUT2D eigenvalue weighted by Crippen LogP contribution is 2.24. The van der Waals surface area contributed by atoms with Gasteiger partial charge in [-0.3, -0.25) is 14.3 Å². The summed E-state index contributed by atoms with van der Waals surface area (Å²) in [5.74, 6) is -1.11. The highest BCUT2D eigenvalue weighted by atomic mass is 19.4. The van der Waals surface area contributed by atoms with Crippen LogP contribution >= 0.6 is 0 Å². The molecule has 0 saturated carbocycles. The lowest BCUT2D eigenvalue weighted by Gasteiger charge is -2.27. The number of rotatable bonds is 5. The molecule has 1 amide bonds. The fourth-order valence-electron chi connectivity index (χ4n) is 3.51. The Morgan fingerprint density at radius 2 is 1.85 bits per heavy atom. The second kappa shape index (κ2) is 8.98. The Kier molecular flexibility index (Phi) is 6.09. The van der Waals surface area contributed by atoms with Crippen molar-refractivity contribution in [1.82, 2.24) is 19.0 Å². The van der Waals surface area contributed by atoms with E-state index in [0.29, 0.717) is 37.4 Å². The van der Waals surface area contributed by atoms with Crippen molar-refractivity contribution in [1.29, 1.82) is 0 Å².